The Labute approximate surface area is 59.4 Å². The van der Waals surface area contributed by atoms with Crippen LogP contribution >= 0.6 is 0 Å². The minimum atomic E-state index is -0.945. The second kappa shape index (κ2) is 2.88. The SMILES string of the molecule is N[C@H]1CCC(NC(=O)O)C1. The molecular weight excluding hydrogens is 132 g/mol. The van der Waals surface area contributed by atoms with E-state index in [-0.39, 0.29) is 12.1 Å². The van der Waals surface area contributed by atoms with Gasteiger partial charge in [0.1, 0.15) is 0 Å². The summed E-state index contributed by atoms with van der Waals surface area (Å²) in [6.45, 7) is 0. The van der Waals surface area contributed by atoms with Gasteiger partial charge in [0.15, 0.2) is 0 Å². The smallest absolute Gasteiger partial charge is 0.404 e. The second-order valence-corrected chi connectivity index (χ2v) is 2.72. The zero-order chi connectivity index (χ0) is 7.56. The van der Waals surface area contributed by atoms with Crippen molar-refractivity contribution in [1.29, 1.82) is 0 Å². The summed E-state index contributed by atoms with van der Waals surface area (Å²) in [6, 6.07) is 0.282. The summed E-state index contributed by atoms with van der Waals surface area (Å²) >= 11 is 0. The molecule has 58 valence electrons. The molecule has 0 bridgehead atoms. The van der Waals surface area contributed by atoms with Crippen molar-refractivity contribution in [3.63, 3.8) is 0 Å². The number of hydrogen-bond donors (Lipinski definition) is 3. The van der Waals surface area contributed by atoms with E-state index in [4.69, 9.17) is 10.8 Å². The van der Waals surface area contributed by atoms with Gasteiger partial charge in [0, 0.05) is 12.1 Å². The summed E-state index contributed by atoms with van der Waals surface area (Å²) in [5, 5.41) is 10.7. The lowest BCUT2D eigenvalue weighted by Gasteiger charge is -2.07. The van der Waals surface area contributed by atoms with E-state index < -0.39 is 6.09 Å². The van der Waals surface area contributed by atoms with Crippen LogP contribution in [-0.4, -0.2) is 23.3 Å². The van der Waals surface area contributed by atoms with Gasteiger partial charge >= 0.3 is 6.09 Å². The number of carboxylic acid groups (broad SMARTS) is 1. The fourth-order valence-electron chi connectivity index (χ4n) is 1.32. The zero-order valence-electron chi connectivity index (χ0n) is 5.71. The Kier molecular flexibility index (Phi) is 2.11. The van der Waals surface area contributed by atoms with Crippen LogP contribution < -0.4 is 11.1 Å². The minimum absolute atomic E-state index is 0.0903. The minimum Gasteiger partial charge on any atom is -0.465 e. The molecule has 1 fully saturated rings. The molecule has 0 radical (unpaired) electrons. The molecule has 1 aliphatic rings. The third kappa shape index (κ3) is 1.88. The molecule has 0 saturated heterocycles. The van der Waals surface area contributed by atoms with Gasteiger partial charge in [0.25, 0.3) is 0 Å². The van der Waals surface area contributed by atoms with Crippen LogP contribution in [0, 0.1) is 0 Å². The van der Waals surface area contributed by atoms with Gasteiger partial charge in [-0.3, -0.25) is 0 Å². The third-order valence-electron chi connectivity index (χ3n) is 1.80. The number of carbonyl (C=O) groups is 1. The van der Waals surface area contributed by atoms with Crippen molar-refractivity contribution in [3.8, 4) is 0 Å². The summed E-state index contributed by atoms with van der Waals surface area (Å²) in [7, 11) is 0. The average molecular weight is 144 g/mol. The van der Waals surface area contributed by atoms with E-state index in [0.29, 0.717) is 0 Å². The van der Waals surface area contributed by atoms with Crippen LogP contribution in [0.2, 0.25) is 0 Å². The number of amides is 1. The average Bonchev–Trinajstić information content (AvgIpc) is 2.13. The Morgan fingerprint density at radius 3 is 2.70 bits per heavy atom. The Balaban J connectivity index is 2.24. The van der Waals surface area contributed by atoms with Crippen molar-refractivity contribution in [2.75, 3.05) is 0 Å². The molecule has 2 atom stereocenters. The van der Waals surface area contributed by atoms with Crippen molar-refractivity contribution in [1.82, 2.24) is 5.32 Å². The van der Waals surface area contributed by atoms with Gasteiger partial charge < -0.3 is 16.2 Å². The maximum absolute atomic E-state index is 10.1. The van der Waals surface area contributed by atoms with Crippen molar-refractivity contribution in [2.45, 2.75) is 31.3 Å². The van der Waals surface area contributed by atoms with Crippen molar-refractivity contribution in [3.05, 3.63) is 0 Å². The number of hydrogen-bond acceptors (Lipinski definition) is 2. The molecule has 0 aliphatic heterocycles. The molecule has 4 N–H and O–H groups in total. The van der Waals surface area contributed by atoms with E-state index in [0.717, 1.165) is 19.3 Å². The van der Waals surface area contributed by atoms with Crippen molar-refractivity contribution < 1.29 is 9.90 Å². The highest BCUT2D eigenvalue weighted by molar-refractivity contribution is 5.64. The summed E-state index contributed by atoms with van der Waals surface area (Å²) in [5.41, 5.74) is 5.57. The van der Waals surface area contributed by atoms with E-state index in [1.54, 1.807) is 0 Å². The lowest BCUT2D eigenvalue weighted by Crippen LogP contribution is -2.32. The van der Waals surface area contributed by atoms with Gasteiger partial charge in [0.05, 0.1) is 0 Å². The quantitative estimate of drug-likeness (QED) is 0.489. The van der Waals surface area contributed by atoms with E-state index in [2.05, 4.69) is 5.32 Å². The summed E-state index contributed by atoms with van der Waals surface area (Å²) in [6.07, 6.45) is 1.66. The van der Waals surface area contributed by atoms with E-state index in [9.17, 15) is 4.79 Å². The Bertz CT molecular complexity index is 138. The van der Waals surface area contributed by atoms with E-state index in [1.807, 2.05) is 0 Å². The molecule has 4 nitrogen and oxygen atoms in total. The monoisotopic (exact) mass is 144 g/mol. The first-order valence-corrected chi connectivity index (χ1v) is 3.43. The molecule has 4 heteroatoms. The molecule has 0 aromatic carbocycles. The predicted molar refractivity (Wildman–Crippen MR) is 36.8 cm³/mol. The van der Waals surface area contributed by atoms with Crippen LogP contribution in [-0.2, 0) is 0 Å². The first-order valence-electron chi connectivity index (χ1n) is 3.43. The Hall–Kier alpha value is -0.770. The topological polar surface area (TPSA) is 75.3 Å². The molecule has 1 unspecified atom stereocenters. The predicted octanol–water partition coefficient (Wildman–Crippen LogP) is 0.134. The standard InChI is InChI=1S/C6H12N2O2/c7-4-1-2-5(3-4)8-6(9)10/h4-5,8H,1-3,7H2,(H,9,10)/t4-,5?/m0/s1. The molecule has 0 spiro atoms. The molecule has 0 heterocycles. The van der Waals surface area contributed by atoms with E-state index >= 15 is 0 Å². The molecule has 1 amide bonds. The van der Waals surface area contributed by atoms with Crippen LogP contribution in [0.5, 0.6) is 0 Å². The molecule has 1 saturated carbocycles. The van der Waals surface area contributed by atoms with Gasteiger partial charge in [-0.05, 0) is 19.3 Å². The summed E-state index contributed by atoms with van der Waals surface area (Å²) in [5.74, 6) is 0. The highest BCUT2D eigenvalue weighted by atomic mass is 16.4. The second-order valence-electron chi connectivity index (χ2n) is 2.72. The van der Waals surface area contributed by atoms with Gasteiger partial charge in [0.2, 0.25) is 0 Å². The van der Waals surface area contributed by atoms with Crippen molar-refractivity contribution in [2.24, 2.45) is 5.73 Å². The zero-order valence-corrected chi connectivity index (χ0v) is 5.71. The Morgan fingerprint density at radius 1 is 1.60 bits per heavy atom. The van der Waals surface area contributed by atoms with Crippen LogP contribution in [0.15, 0.2) is 0 Å². The van der Waals surface area contributed by atoms with Crippen LogP contribution in [0.1, 0.15) is 19.3 Å². The van der Waals surface area contributed by atoms with Gasteiger partial charge in [-0.15, -0.1) is 0 Å². The first-order chi connectivity index (χ1) is 4.68. The van der Waals surface area contributed by atoms with Crippen molar-refractivity contribution >= 4 is 6.09 Å². The van der Waals surface area contributed by atoms with Crippen LogP contribution in [0.25, 0.3) is 0 Å². The largest absolute Gasteiger partial charge is 0.465 e. The fraction of sp³-hybridized carbons (Fsp3) is 0.833. The maximum atomic E-state index is 10.1. The summed E-state index contributed by atoms with van der Waals surface area (Å²) in [4.78, 5) is 10.1. The number of rotatable bonds is 1. The van der Waals surface area contributed by atoms with Crippen LogP contribution in [0.3, 0.4) is 0 Å². The maximum Gasteiger partial charge on any atom is 0.404 e. The Morgan fingerprint density at radius 2 is 2.30 bits per heavy atom. The fourth-order valence-corrected chi connectivity index (χ4v) is 1.32. The third-order valence-corrected chi connectivity index (χ3v) is 1.80. The number of nitrogens with two attached hydrogens (primary N) is 1. The van der Waals surface area contributed by atoms with Gasteiger partial charge in [-0.1, -0.05) is 0 Å². The van der Waals surface area contributed by atoms with Crippen LogP contribution in [0.4, 0.5) is 4.79 Å². The molecule has 0 aromatic rings. The molecule has 1 aliphatic carbocycles. The highest BCUT2D eigenvalue weighted by Crippen LogP contribution is 2.16. The molecular formula is C6H12N2O2. The van der Waals surface area contributed by atoms with E-state index in [1.165, 1.54) is 0 Å². The molecule has 0 aromatic heterocycles. The summed E-state index contributed by atoms with van der Waals surface area (Å²) < 4.78 is 0. The number of nitrogens with one attached hydrogen (secondary N) is 1. The van der Waals surface area contributed by atoms with Gasteiger partial charge in [-0.25, -0.2) is 4.79 Å². The highest BCUT2D eigenvalue weighted by Gasteiger charge is 2.22. The lowest BCUT2D eigenvalue weighted by atomic mass is 10.2. The van der Waals surface area contributed by atoms with Gasteiger partial charge in [-0.2, -0.15) is 0 Å². The molecule has 1 rings (SSSR count). The molecule has 10 heavy (non-hydrogen) atoms. The normalized spacial score (nSPS) is 32.1. The first kappa shape index (κ1) is 7.34. The lowest BCUT2D eigenvalue weighted by molar-refractivity contribution is 0.190.